The summed E-state index contributed by atoms with van der Waals surface area (Å²) in [6.07, 6.45) is 6.11. The average molecular weight is 166 g/mol. The van der Waals surface area contributed by atoms with Crippen molar-refractivity contribution in [3.63, 3.8) is 0 Å². The number of amides is 1. The van der Waals surface area contributed by atoms with Gasteiger partial charge in [0.2, 0.25) is 5.91 Å². The van der Waals surface area contributed by atoms with E-state index in [4.69, 9.17) is 5.73 Å². The van der Waals surface area contributed by atoms with Crippen molar-refractivity contribution in [2.45, 2.75) is 37.8 Å². The third kappa shape index (κ3) is 1.67. The highest BCUT2D eigenvalue weighted by Crippen LogP contribution is 2.25. The van der Waals surface area contributed by atoms with Crippen molar-refractivity contribution in [2.24, 2.45) is 5.73 Å². The van der Waals surface area contributed by atoms with Crippen molar-refractivity contribution in [1.82, 2.24) is 5.32 Å². The third-order valence-electron chi connectivity index (χ3n) is 2.50. The molecule has 0 aromatic heterocycles. The summed E-state index contributed by atoms with van der Waals surface area (Å²) in [5, 5.41) is 2.86. The maximum Gasteiger partial charge on any atom is 0.244 e. The number of carbonyl (C=O) groups is 1. The molecular formula is C9H14N2O. The molecule has 3 nitrogen and oxygen atoms in total. The summed E-state index contributed by atoms with van der Waals surface area (Å²) < 4.78 is 0. The number of carbonyl (C=O) groups excluding carboxylic acids is 1. The normalized spacial score (nSPS) is 32.2. The van der Waals surface area contributed by atoms with Gasteiger partial charge in [-0.05, 0) is 25.7 Å². The SMILES string of the molecule is NC1CC1NC(=O)C=C1CCC1. The van der Waals surface area contributed by atoms with Crippen LogP contribution in [0.2, 0.25) is 0 Å². The van der Waals surface area contributed by atoms with Crippen LogP contribution in [0.25, 0.3) is 0 Å². The van der Waals surface area contributed by atoms with Gasteiger partial charge in [0.25, 0.3) is 0 Å². The van der Waals surface area contributed by atoms with Gasteiger partial charge in [-0.3, -0.25) is 4.79 Å². The van der Waals surface area contributed by atoms with Crippen LogP contribution in [0.3, 0.4) is 0 Å². The molecule has 0 heterocycles. The van der Waals surface area contributed by atoms with Gasteiger partial charge in [0, 0.05) is 18.2 Å². The molecule has 0 aliphatic heterocycles. The molecule has 0 radical (unpaired) electrons. The van der Waals surface area contributed by atoms with Gasteiger partial charge in [0.05, 0.1) is 0 Å². The van der Waals surface area contributed by atoms with Crippen LogP contribution >= 0.6 is 0 Å². The maximum absolute atomic E-state index is 11.2. The fraction of sp³-hybridized carbons (Fsp3) is 0.667. The number of nitrogens with two attached hydrogens (primary N) is 1. The van der Waals surface area contributed by atoms with Crippen molar-refractivity contribution < 1.29 is 4.79 Å². The maximum atomic E-state index is 11.2. The van der Waals surface area contributed by atoms with Gasteiger partial charge >= 0.3 is 0 Å². The fourth-order valence-electron chi connectivity index (χ4n) is 1.32. The van der Waals surface area contributed by atoms with Crippen LogP contribution in [0, 0.1) is 0 Å². The molecule has 3 N–H and O–H groups in total. The summed E-state index contributed by atoms with van der Waals surface area (Å²) in [6, 6.07) is 0.447. The minimum absolute atomic E-state index is 0.0441. The van der Waals surface area contributed by atoms with Crippen LogP contribution in [0.5, 0.6) is 0 Å². The van der Waals surface area contributed by atoms with E-state index in [9.17, 15) is 4.79 Å². The highest BCUT2D eigenvalue weighted by Gasteiger charge is 2.34. The molecule has 2 atom stereocenters. The van der Waals surface area contributed by atoms with Crippen LogP contribution < -0.4 is 11.1 Å². The van der Waals surface area contributed by atoms with E-state index in [1.807, 2.05) is 0 Å². The Labute approximate surface area is 72.0 Å². The monoisotopic (exact) mass is 166 g/mol. The first kappa shape index (κ1) is 7.80. The third-order valence-corrected chi connectivity index (χ3v) is 2.50. The van der Waals surface area contributed by atoms with Gasteiger partial charge in [0.1, 0.15) is 0 Å². The molecule has 0 spiro atoms. The van der Waals surface area contributed by atoms with Gasteiger partial charge in [-0.1, -0.05) is 5.57 Å². The molecule has 2 aliphatic rings. The Morgan fingerprint density at radius 3 is 2.67 bits per heavy atom. The summed E-state index contributed by atoms with van der Waals surface area (Å²) >= 11 is 0. The van der Waals surface area contributed by atoms with Crippen molar-refractivity contribution in [2.75, 3.05) is 0 Å². The van der Waals surface area contributed by atoms with E-state index in [1.165, 1.54) is 12.0 Å². The smallest absolute Gasteiger partial charge is 0.244 e. The van der Waals surface area contributed by atoms with Crippen LogP contribution in [0.15, 0.2) is 11.6 Å². The lowest BCUT2D eigenvalue weighted by Gasteiger charge is -2.15. The highest BCUT2D eigenvalue weighted by molar-refractivity contribution is 5.89. The predicted octanol–water partition coefficient (Wildman–Crippen LogP) is 0.312. The molecule has 0 bridgehead atoms. The lowest BCUT2D eigenvalue weighted by atomic mass is 9.92. The largest absolute Gasteiger partial charge is 0.348 e. The van der Waals surface area contributed by atoms with Crippen molar-refractivity contribution in [3.05, 3.63) is 11.6 Å². The molecule has 2 fully saturated rings. The minimum atomic E-state index is 0.0441. The van der Waals surface area contributed by atoms with Gasteiger partial charge in [-0.15, -0.1) is 0 Å². The lowest BCUT2D eigenvalue weighted by Crippen LogP contribution is -2.28. The Morgan fingerprint density at radius 2 is 2.25 bits per heavy atom. The molecule has 2 aliphatic carbocycles. The zero-order valence-electron chi connectivity index (χ0n) is 7.05. The number of hydrogen-bond acceptors (Lipinski definition) is 2. The lowest BCUT2D eigenvalue weighted by molar-refractivity contribution is -0.116. The summed E-state index contributed by atoms with van der Waals surface area (Å²) in [5.41, 5.74) is 6.84. The molecule has 2 saturated carbocycles. The standard InChI is InChI=1S/C9H14N2O/c10-7-5-8(7)11-9(12)4-6-2-1-3-6/h4,7-8H,1-3,5,10H2,(H,11,12). The molecule has 1 amide bonds. The fourth-order valence-corrected chi connectivity index (χ4v) is 1.32. The number of hydrogen-bond donors (Lipinski definition) is 2. The number of nitrogens with one attached hydrogen (secondary N) is 1. The summed E-state index contributed by atoms with van der Waals surface area (Å²) in [6.45, 7) is 0. The molecule has 0 aromatic rings. The van der Waals surface area contributed by atoms with Crippen molar-refractivity contribution in [3.8, 4) is 0 Å². The molecule has 3 heteroatoms. The number of allylic oxidation sites excluding steroid dienone is 1. The van der Waals surface area contributed by atoms with Gasteiger partial charge in [-0.2, -0.15) is 0 Å². The van der Waals surface area contributed by atoms with E-state index >= 15 is 0 Å². The molecule has 2 rings (SSSR count). The quantitative estimate of drug-likeness (QED) is 0.580. The summed E-state index contributed by atoms with van der Waals surface area (Å²) in [7, 11) is 0. The zero-order chi connectivity index (χ0) is 8.55. The minimum Gasteiger partial charge on any atom is -0.348 e. The Kier molecular flexibility index (Phi) is 1.89. The van der Waals surface area contributed by atoms with Gasteiger partial charge in [0.15, 0.2) is 0 Å². The Hall–Kier alpha value is -0.830. The molecule has 2 unspecified atom stereocenters. The second-order valence-electron chi connectivity index (χ2n) is 3.67. The molecule has 0 saturated heterocycles. The second-order valence-corrected chi connectivity index (χ2v) is 3.67. The topological polar surface area (TPSA) is 55.1 Å². The zero-order valence-corrected chi connectivity index (χ0v) is 7.05. The van der Waals surface area contributed by atoms with Gasteiger partial charge < -0.3 is 11.1 Å². The van der Waals surface area contributed by atoms with Crippen LogP contribution in [-0.4, -0.2) is 18.0 Å². The van der Waals surface area contributed by atoms with Crippen LogP contribution in [0.4, 0.5) is 0 Å². The first-order chi connectivity index (χ1) is 5.75. The Balaban J connectivity index is 1.77. The summed E-state index contributed by atoms with van der Waals surface area (Å²) in [5.74, 6) is 0.0441. The van der Waals surface area contributed by atoms with E-state index in [-0.39, 0.29) is 18.0 Å². The first-order valence-corrected chi connectivity index (χ1v) is 4.51. The van der Waals surface area contributed by atoms with Crippen molar-refractivity contribution >= 4 is 5.91 Å². The van der Waals surface area contributed by atoms with E-state index in [2.05, 4.69) is 5.32 Å². The molecule has 0 aromatic carbocycles. The molecule has 12 heavy (non-hydrogen) atoms. The Bertz CT molecular complexity index is 229. The summed E-state index contributed by atoms with van der Waals surface area (Å²) in [4.78, 5) is 11.2. The average Bonchev–Trinajstić information content (AvgIpc) is 2.58. The van der Waals surface area contributed by atoms with Gasteiger partial charge in [-0.25, -0.2) is 0 Å². The van der Waals surface area contributed by atoms with Crippen LogP contribution in [-0.2, 0) is 4.79 Å². The molecular weight excluding hydrogens is 152 g/mol. The highest BCUT2D eigenvalue weighted by atomic mass is 16.1. The first-order valence-electron chi connectivity index (χ1n) is 4.51. The van der Waals surface area contributed by atoms with E-state index in [1.54, 1.807) is 6.08 Å². The number of rotatable bonds is 2. The van der Waals surface area contributed by atoms with Crippen LogP contribution in [0.1, 0.15) is 25.7 Å². The van der Waals surface area contributed by atoms with E-state index < -0.39 is 0 Å². The van der Waals surface area contributed by atoms with E-state index in [0.29, 0.717) is 0 Å². The Morgan fingerprint density at radius 1 is 1.58 bits per heavy atom. The second kappa shape index (κ2) is 2.90. The van der Waals surface area contributed by atoms with E-state index in [0.717, 1.165) is 19.3 Å². The molecule has 66 valence electrons. The van der Waals surface area contributed by atoms with Crippen molar-refractivity contribution in [1.29, 1.82) is 0 Å². The predicted molar refractivity (Wildman–Crippen MR) is 46.5 cm³/mol.